The van der Waals surface area contributed by atoms with Crippen molar-refractivity contribution in [3.05, 3.63) is 60.2 Å². The highest BCUT2D eigenvalue weighted by Gasteiger charge is 2.06. The van der Waals surface area contributed by atoms with Gasteiger partial charge in [0.25, 0.3) is 0 Å². The SMILES string of the molecule is CN=C(NCCCOc1ccccc1)NCCc1ccc(S(N)(=O)=O)cc1.I. The summed E-state index contributed by atoms with van der Waals surface area (Å²) in [5.41, 5.74) is 1.02. The van der Waals surface area contributed by atoms with E-state index in [1.54, 1.807) is 19.2 Å². The molecule has 2 aromatic rings. The van der Waals surface area contributed by atoms with Crippen molar-refractivity contribution in [3.8, 4) is 5.75 Å². The smallest absolute Gasteiger partial charge is 0.238 e. The highest BCUT2D eigenvalue weighted by Crippen LogP contribution is 2.09. The molecule has 0 amide bonds. The fraction of sp³-hybridized carbons (Fsp3) is 0.316. The Morgan fingerprint density at radius 2 is 1.68 bits per heavy atom. The third kappa shape index (κ3) is 8.89. The van der Waals surface area contributed by atoms with Gasteiger partial charge < -0.3 is 15.4 Å². The number of rotatable bonds is 9. The largest absolute Gasteiger partial charge is 0.494 e. The molecule has 0 aromatic heterocycles. The molecule has 0 spiro atoms. The molecule has 2 aromatic carbocycles. The average molecular weight is 518 g/mol. The molecule has 0 heterocycles. The van der Waals surface area contributed by atoms with Crippen LogP contribution in [0.3, 0.4) is 0 Å². The Labute approximate surface area is 183 Å². The molecular weight excluding hydrogens is 491 g/mol. The number of guanidine groups is 1. The van der Waals surface area contributed by atoms with Gasteiger partial charge in [0.05, 0.1) is 11.5 Å². The van der Waals surface area contributed by atoms with Crippen LogP contribution in [0, 0.1) is 0 Å². The summed E-state index contributed by atoms with van der Waals surface area (Å²) in [4.78, 5) is 4.30. The molecule has 0 aliphatic carbocycles. The van der Waals surface area contributed by atoms with Crippen LogP contribution in [0.2, 0.25) is 0 Å². The molecule has 0 fully saturated rings. The van der Waals surface area contributed by atoms with Crippen molar-refractivity contribution in [1.29, 1.82) is 0 Å². The second-order valence-electron chi connectivity index (χ2n) is 5.88. The molecule has 0 saturated carbocycles. The third-order valence-electron chi connectivity index (χ3n) is 3.81. The molecule has 0 radical (unpaired) electrons. The fourth-order valence-electron chi connectivity index (χ4n) is 2.38. The molecule has 0 saturated heterocycles. The Bertz CT molecular complexity index is 828. The molecule has 0 aliphatic heterocycles. The van der Waals surface area contributed by atoms with Crippen LogP contribution in [0.15, 0.2) is 64.5 Å². The predicted octanol–water partition coefficient (Wildman–Crippen LogP) is 2.13. The summed E-state index contributed by atoms with van der Waals surface area (Å²) in [6.45, 7) is 2.05. The van der Waals surface area contributed by atoms with Crippen molar-refractivity contribution in [3.63, 3.8) is 0 Å². The van der Waals surface area contributed by atoms with E-state index < -0.39 is 10.0 Å². The Morgan fingerprint density at radius 3 is 2.29 bits per heavy atom. The molecule has 0 aliphatic rings. The van der Waals surface area contributed by atoms with Gasteiger partial charge in [-0.3, -0.25) is 4.99 Å². The molecule has 0 unspecified atom stereocenters. The summed E-state index contributed by atoms with van der Waals surface area (Å²) in [6, 6.07) is 16.3. The molecule has 154 valence electrons. The number of para-hydroxylation sites is 1. The number of halogens is 1. The van der Waals surface area contributed by atoms with Gasteiger partial charge in [-0.1, -0.05) is 30.3 Å². The molecule has 28 heavy (non-hydrogen) atoms. The van der Waals surface area contributed by atoms with Gasteiger partial charge in [0.15, 0.2) is 5.96 Å². The molecular formula is C19H27IN4O3S. The summed E-state index contributed by atoms with van der Waals surface area (Å²) in [5.74, 6) is 1.59. The maximum Gasteiger partial charge on any atom is 0.238 e. The van der Waals surface area contributed by atoms with E-state index in [4.69, 9.17) is 9.88 Å². The zero-order valence-corrected chi connectivity index (χ0v) is 18.9. The monoisotopic (exact) mass is 518 g/mol. The predicted molar refractivity (Wildman–Crippen MR) is 123 cm³/mol. The minimum atomic E-state index is -3.65. The van der Waals surface area contributed by atoms with Gasteiger partial charge in [-0.05, 0) is 42.7 Å². The van der Waals surface area contributed by atoms with Crippen LogP contribution in [-0.2, 0) is 16.4 Å². The van der Waals surface area contributed by atoms with E-state index in [1.807, 2.05) is 30.3 Å². The van der Waals surface area contributed by atoms with Crippen molar-refractivity contribution < 1.29 is 13.2 Å². The van der Waals surface area contributed by atoms with Gasteiger partial charge in [-0.25, -0.2) is 13.6 Å². The number of hydrogen-bond donors (Lipinski definition) is 3. The summed E-state index contributed by atoms with van der Waals surface area (Å²) in [6.07, 6.45) is 1.59. The summed E-state index contributed by atoms with van der Waals surface area (Å²) < 4.78 is 28.1. The molecule has 9 heteroatoms. The summed E-state index contributed by atoms with van der Waals surface area (Å²) in [7, 11) is -1.93. The summed E-state index contributed by atoms with van der Waals surface area (Å²) in [5, 5.41) is 11.6. The first-order chi connectivity index (χ1) is 13.0. The third-order valence-corrected chi connectivity index (χ3v) is 4.74. The molecule has 0 atom stereocenters. The van der Waals surface area contributed by atoms with Crippen LogP contribution in [-0.4, -0.2) is 41.1 Å². The minimum absolute atomic E-state index is 0. The van der Waals surface area contributed by atoms with Gasteiger partial charge in [-0.15, -0.1) is 24.0 Å². The van der Waals surface area contributed by atoms with Crippen molar-refractivity contribution in [2.24, 2.45) is 10.1 Å². The number of aliphatic imine (C=N–C) groups is 1. The fourth-order valence-corrected chi connectivity index (χ4v) is 2.89. The topological polar surface area (TPSA) is 106 Å². The highest BCUT2D eigenvalue weighted by atomic mass is 127. The van der Waals surface area contributed by atoms with Crippen molar-refractivity contribution in [2.45, 2.75) is 17.7 Å². The number of hydrogen-bond acceptors (Lipinski definition) is 4. The average Bonchev–Trinajstić information content (AvgIpc) is 2.67. The van der Waals surface area contributed by atoms with E-state index in [0.717, 1.165) is 36.7 Å². The number of ether oxygens (including phenoxy) is 1. The Kier molecular flexibility index (Phi) is 10.9. The number of sulfonamides is 1. The van der Waals surface area contributed by atoms with Crippen molar-refractivity contribution in [2.75, 3.05) is 26.7 Å². The maximum atomic E-state index is 11.2. The lowest BCUT2D eigenvalue weighted by molar-refractivity contribution is 0.311. The summed E-state index contributed by atoms with van der Waals surface area (Å²) >= 11 is 0. The lowest BCUT2D eigenvalue weighted by atomic mass is 10.1. The molecule has 0 bridgehead atoms. The first-order valence-electron chi connectivity index (χ1n) is 8.73. The lowest BCUT2D eigenvalue weighted by Gasteiger charge is -2.12. The van der Waals surface area contributed by atoms with Gasteiger partial charge in [0.1, 0.15) is 5.75 Å². The number of benzene rings is 2. The second kappa shape index (κ2) is 12.6. The Balaban J connectivity index is 0.00000392. The zero-order valence-electron chi connectivity index (χ0n) is 15.8. The Hall–Kier alpha value is -1.85. The highest BCUT2D eigenvalue weighted by molar-refractivity contribution is 14.0. The van der Waals surface area contributed by atoms with E-state index in [9.17, 15) is 8.42 Å². The van der Waals surface area contributed by atoms with E-state index in [1.165, 1.54) is 12.1 Å². The van der Waals surface area contributed by atoms with Gasteiger partial charge in [0.2, 0.25) is 10.0 Å². The molecule has 2 rings (SSSR count). The Morgan fingerprint density at radius 1 is 1.04 bits per heavy atom. The quantitative estimate of drug-likeness (QED) is 0.204. The van der Waals surface area contributed by atoms with Gasteiger partial charge >= 0.3 is 0 Å². The standard InChI is InChI=1S/C19H26N4O3S.HI/c1-21-19(22-13-5-15-26-17-6-3-2-4-7-17)23-14-12-16-8-10-18(11-9-16)27(20,24)25;/h2-4,6-11H,5,12-15H2,1H3,(H2,20,24,25)(H2,21,22,23);1H. The number of primary sulfonamides is 1. The minimum Gasteiger partial charge on any atom is -0.494 e. The maximum absolute atomic E-state index is 11.2. The second-order valence-corrected chi connectivity index (χ2v) is 7.44. The molecule has 7 nitrogen and oxygen atoms in total. The van der Waals surface area contributed by atoms with Crippen LogP contribution < -0.4 is 20.5 Å². The molecule has 4 N–H and O–H groups in total. The van der Waals surface area contributed by atoms with Crippen LogP contribution in [0.25, 0.3) is 0 Å². The first-order valence-corrected chi connectivity index (χ1v) is 10.3. The zero-order chi connectivity index (χ0) is 19.5. The van der Waals surface area contributed by atoms with E-state index in [0.29, 0.717) is 13.2 Å². The van der Waals surface area contributed by atoms with Crippen LogP contribution in [0.5, 0.6) is 5.75 Å². The number of nitrogens with two attached hydrogens (primary N) is 1. The van der Waals surface area contributed by atoms with Gasteiger partial charge in [-0.2, -0.15) is 0 Å². The van der Waals surface area contributed by atoms with Crippen LogP contribution in [0.4, 0.5) is 0 Å². The van der Waals surface area contributed by atoms with E-state index in [-0.39, 0.29) is 28.9 Å². The van der Waals surface area contributed by atoms with E-state index in [2.05, 4.69) is 15.6 Å². The van der Waals surface area contributed by atoms with Crippen LogP contribution >= 0.6 is 24.0 Å². The normalized spacial score (nSPS) is 11.4. The number of nitrogens with one attached hydrogen (secondary N) is 2. The van der Waals surface area contributed by atoms with E-state index >= 15 is 0 Å². The van der Waals surface area contributed by atoms with Crippen molar-refractivity contribution in [1.82, 2.24) is 10.6 Å². The van der Waals surface area contributed by atoms with Crippen LogP contribution in [0.1, 0.15) is 12.0 Å². The van der Waals surface area contributed by atoms with Gasteiger partial charge in [0, 0.05) is 20.1 Å². The lowest BCUT2D eigenvalue weighted by Crippen LogP contribution is -2.39. The first kappa shape index (κ1) is 24.2. The van der Waals surface area contributed by atoms with Crippen molar-refractivity contribution >= 4 is 40.0 Å². The number of nitrogens with zero attached hydrogens (tertiary/aromatic N) is 1.